The fourth-order valence-electron chi connectivity index (χ4n) is 7.68. The number of alkyl halides is 2. The Balaban J connectivity index is 0.00000279. The molecule has 2 amide bonds. The van der Waals surface area contributed by atoms with Crippen LogP contribution in [-0.2, 0) is 20.5 Å². The lowest BCUT2D eigenvalue weighted by Crippen LogP contribution is -2.37. The number of nitrogens with zero attached hydrogens (tertiary/aromatic N) is 6. The Morgan fingerprint density at radius 1 is 1.02 bits per heavy atom. The number of hydrogen-bond acceptors (Lipinski definition) is 9. The highest BCUT2D eigenvalue weighted by molar-refractivity contribution is 6.39. The molecular weight excluding hydrogens is 793 g/mol. The number of amides is 2. The highest BCUT2D eigenvalue weighted by Crippen LogP contribution is 2.45. The van der Waals surface area contributed by atoms with E-state index in [1.807, 2.05) is 32.0 Å². The summed E-state index contributed by atoms with van der Waals surface area (Å²) in [5.74, 6) is 0.316. The van der Waals surface area contributed by atoms with E-state index in [1.165, 1.54) is 14.1 Å². The van der Waals surface area contributed by atoms with Gasteiger partial charge in [-0.1, -0.05) is 67.4 Å². The third-order valence-corrected chi connectivity index (χ3v) is 11.4. The van der Waals surface area contributed by atoms with Crippen LogP contribution in [-0.4, -0.2) is 86.5 Å². The van der Waals surface area contributed by atoms with Crippen molar-refractivity contribution in [2.45, 2.75) is 51.6 Å². The maximum Gasteiger partial charge on any atom is 0.330 e. The number of aliphatic hydroxyl groups is 1. The monoisotopic (exact) mass is 838 g/mol. The van der Waals surface area contributed by atoms with Gasteiger partial charge in [-0.15, -0.1) is 0 Å². The van der Waals surface area contributed by atoms with Crippen LogP contribution in [0, 0.1) is 0 Å². The van der Waals surface area contributed by atoms with Crippen LogP contribution >= 0.6 is 23.2 Å². The Bertz CT molecular complexity index is 2480. The first-order valence-corrected chi connectivity index (χ1v) is 19.8. The van der Waals surface area contributed by atoms with E-state index in [0.29, 0.717) is 46.4 Å². The molecule has 1 aliphatic heterocycles. The number of benzene rings is 2. The molecule has 5 aromatic rings. The van der Waals surface area contributed by atoms with Gasteiger partial charge < -0.3 is 25.4 Å². The number of carbonyl (C=O) groups excluding carboxylic acids is 1. The Kier molecular flexibility index (Phi) is 13.1. The summed E-state index contributed by atoms with van der Waals surface area (Å²) in [4.78, 5) is 51.0. The fraction of sp³-hybridized carbons (Fsp3) is 0.390. The van der Waals surface area contributed by atoms with E-state index < -0.39 is 23.4 Å². The van der Waals surface area contributed by atoms with Gasteiger partial charge in [0.25, 0.3) is 12.0 Å². The number of fused-ring (bicyclic) bond motifs is 2. The summed E-state index contributed by atoms with van der Waals surface area (Å²) in [6.45, 7) is 5.53. The molecule has 3 aromatic heterocycles. The van der Waals surface area contributed by atoms with Crippen LogP contribution in [0.25, 0.3) is 33.3 Å². The second kappa shape index (κ2) is 17.8. The summed E-state index contributed by atoms with van der Waals surface area (Å²) < 4.78 is 35.8. The Morgan fingerprint density at radius 2 is 1.71 bits per heavy atom. The smallest absolute Gasteiger partial charge is 0.330 e. The molecule has 7 rings (SSSR count). The molecule has 4 heterocycles. The Labute approximate surface area is 344 Å². The van der Waals surface area contributed by atoms with Crippen LogP contribution in [0.5, 0.6) is 5.88 Å². The minimum atomic E-state index is -2.97. The number of aromatic nitrogens is 4. The normalized spacial score (nSPS) is 16.2. The lowest BCUT2D eigenvalue weighted by molar-refractivity contribution is 0.146. The summed E-state index contributed by atoms with van der Waals surface area (Å²) in [7, 11) is 6.34. The second-order valence-electron chi connectivity index (χ2n) is 14.0. The molecule has 2 aromatic carbocycles. The number of nitrogens with one attached hydrogen (secondary N) is 2. The SMILES string of the molecule is CC.COc1nc(-c2cccc(-c3cccc(Nc4nc(C(F)F)cc5c4c(=O)n(C)c(=O)n5C)c3Cl)c2Cl)cc2c1C(N(C)CCC1CN(CCO)C(=O)N1)CC2. The first-order valence-electron chi connectivity index (χ1n) is 19.0. The number of rotatable bonds is 12. The Hall–Kier alpha value is -5.09. The number of hydrogen-bond donors (Lipinski definition) is 3. The lowest BCUT2D eigenvalue weighted by Gasteiger charge is -2.27. The molecule has 1 fully saturated rings. The van der Waals surface area contributed by atoms with Crippen molar-refractivity contribution >= 4 is 51.6 Å². The predicted molar refractivity (Wildman–Crippen MR) is 223 cm³/mol. The number of urea groups is 1. The molecule has 0 saturated carbocycles. The summed E-state index contributed by atoms with van der Waals surface area (Å²) in [6, 6.07) is 13.5. The standard InChI is InChI=1S/C39H40Cl2F2N8O5.C2H6/c1-48(14-13-21-19-51(15-16-52)38(54)44-21)28-12-11-20-17-26(47-36(56-4)30(20)28)24-9-5-7-22(32(24)40)23-8-6-10-25(33(23)41)45-35-31-29(18-27(46-35)34(42)43)49(2)39(55)50(3)37(31)53;1-2/h5-10,17-18,21,28,34,52H,11-16,19H2,1-4H3,(H,44,54)(H,45,46);1-2H3. The number of halogens is 4. The van der Waals surface area contributed by atoms with Crippen LogP contribution < -0.4 is 26.6 Å². The van der Waals surface area contributed by atoms with Gasteiger partial charge in [-0.3, -0.25) is 18.8 Å². The topological polar surface area (TPSA) is 147 Å². The molecule has 13 nitrogen and oxygen atoms in total. The molecule has 17 heteroatoms. The number of pyridine rings is 2. The zero-order chi connectivity index (χ0) is 42.0. The third kappa shape index (κ3) is 8.00. The van der Waals surface area contributed by atoms with Crippen LogP contribution in [0.2, 0.25) is 10.0 Å². The number of aliphatic hydroxyl groups excluding tert-OH is 1. The van der Waals surface area contributed by atoms with Crippen molar-refractivity contribution in [3.63, 3.8) is 0 Å². The molecule has 0 radical (unpaired) electrons. The molecule has 1 saturated heterocycles. The molecule has 2 unspecified atom stereocenters. The van der Waals surface area contributed by atoms with Crippen LogP contribution in [0.15, 0.2) is 58.1 Å². The van der Waals surface area contributed by atoms with Gasteiger partial charge in [-0.25, -0.2) is 28.3 Å². The molecule has 308 valence electrons. The highest BCUT2D eigenvalue weighted by Gasteiger charge is 2.33. The van der Waals surface area contributed by atoms with Gasteiger partial charge in [0.05, 0.1) is 40.7 Å². The summed E-state index contributed by atoms with van der Waals surface area (Å²) in [6.07, 6.45) is -0.570. The Morgan fingerprint density at radius 3 is 2.40 bits per heavy atom. The average molecular weight is 840 g/mol. The number of anilines is 2. The summed E-state index contributed by atoms with van der Waals surface area (Å²) >= 11 is 14.1. The summed E-state index contributed by atoms with van der Waals surface area (Å²) in [5.41, 5.74) is 2.72. The van der Waals surface area contributed by atoms with E-state index in [-0.39, 0.29) is 52.2 Å². The minimum Gasteiger partial charge on any atom is -0.481 e. The largest absolute Gasteiger partial charge is 0.481 e. The zero-order valence-electron chi connectivity index (χ0n) is 33.1. The van der Waals surface area contributed by atoms with Gasteiger partial charge in [-0.05, 0) is 50.1 Å². The number of ether oxygens (including phenoxy) is 1. The van der Waals surface area contributed by atoms with Crippen molar-refractivity contribution in [1.82, 2.24) is 34.2 Å². The highest BCUT2D eigenvalue weighted by atomic mass is 35.5. The predicted octanol–water partition coefficient (Wildman–Crippen LogP) is 7.08. The van der Waals surface area contributed by atoms with E-state index >= 15 is 0 Å². The molecule has 2 atom stereocenters. The van der Waals surface area contributed by atoms with Crippen LogP contribution in [0.3, 0.4) is 0 Å². The maximum atomic E-state index is 14.0. The van der Waals surface area contributed by atoms with Crippen molar-refractivity contribution in [2.24, 2.45) is 14.1 Å². The molecular formula is C41H46Cl2F2N8O5. The van der Waals surface area contributed by atoms with E-state index in [1.54, 1.807) is 36.3 Å². The lowest BCUT2D eigenvalue weighted by atomic mass is 9.99. The average Bonchev–Trinajstić information content (AvgIpc) is 3.82. The molecule has 3 N–H and O–H groups in total. The van der Waals surface area contributed by atoms with E-state index in [4.69, 9.17) is 32.9 Å². The van der Waals surface area contributed by atoms with Crippen molar-refractivity contribution in [1.29, 1.82) is 0 Å². The molecule has 58 heavy (non-hydrogen) atoms. The van der Waals surface area contributed by atoms with E-state index in [9.17, 15) is 28.3 Å². The molecule has 0 spiro atoms. The maximum absolute atomic E-state index is 14.0. The fourth-order valence-corrected chi connectivity index (χ4v) is 8.28. The first kappa shape index (κ1) is 42.5. The quantitative estimate of drug-likeness (QED) is 0.120. The summed E-state index contributed by atoms with van der Waals surface area (Å²) in [5, 5.41) is 15.7. The zero-order valence-corrected chi connectivity index (χ0v) is 34.6. The number of aryl methyl sites for hydroxylation is 2. The van der Waals surface area contributed by atoms with Gasteiger partial charge >= 0.3 is 11.7 Å². The van der Waals surface area contributed by atoms with Gasteiger partial charge in [0.2, 0.25) is 5.88 Å². The van der Waals surface area contributed by atoms with Gasteiger partial charge in [0.1, 0.15) is 16.9 Å². The second-order valence-corrected chi connectivity index (χ2v) is 14.7. The van der Waals surface area contributed by atoms with Crippen molar-refractivity contribution in [2.75, 3.05) is 45.7 Å². The van der Waals surface area contributed by atoms with Gasteiger partial charge in [0.15, 0.2) is 0 Å². The minimum absolute atomic E-state index is 0.00185. The van der Waals surface area contributed by atoms with Crippen LogP contribution in [0.4, 0.5) is 25.1 Å². The van der Waals surface area contributed by atoms with E-state index in [2.05, 4.69) is 27.6 Å². The van der Waals surface area contributed by atoms with Gasteiger partial charge in [-0.2, -0.15) is 0 Å². The third-order valence-electron chi connectivity index (χ3n) is 10.6. The molecule has 2 aliphatic rings. The van der Waals surface area contributed by atoms with Crippen molar-refractivity contribution in [3.8, 4) is 28.3 Å². The number of carbonyl (C=O) groups is 1. The molecule has 0 bridgehead atoms. The van der Waals surface area contributed by atoms with E-state index in [0.717, 1.165) is 52.1 Å². The molecule has 1 aliphatic carbocycles. The van der Waals surface area contributed by atoms with Crippen molar-refractivity contribution in [3.05, 3.63) is 96.2 Å². The number of methoxy groups -OCH3 is 1. The van der Waals surface area contributed by atoms with Crippen LogP contribution in [0.1, 0.15) is 56.0 Å². The number of β-amino-alcohol motifs (C(OH)–C–C–N with tert-alkyl or cyclic N) is 1. The first-order chi connectivity index (χ1) is 27.8. The van der Waals surface area contributed by atoms with Gasteiger partial charge in [0, 0.05) is 68.1 Å². The van der Waals surface area contributed by atoms with Crippen molar-refractivity contribution < 1.29 is 23.4 Å².